The van der Waals surface area contributed by atoms with Crippen LogP contribution in [0.5, 0.6) is 0 Å². The van der Waals surface area contributed by atoms with Crippen molar-refractivity contribution in [3.8, 4) is 0 Å². The first-order valence-corrected chi connectivity index (χ1v) is 10.6. The highest BCUT2D eigenvalue weighted by molar-refractivity contribution is 7.80. The molecule has 4 aromatic carbocycles. The minimum absolute atomic E-state index is 0.159. The van der Waals surface area contributed by atoms with Gasteiger partial charge >= 0.3 is 0 Å². The lowest BCUT2D eigenvalue weighted by molar-refractivity contribution is -0.113. The van der Waals surface area contributed by atoms with Gasteiger partial charge in [-0.3, -0.25) is 4.79 Å². The van der Waals surface area contributed by atoms with Crippen molar-refractivity contribution in [3.63, 3.8) is 0 Å². The fraction of sp³-hybridized carbons (Fsp3) is 0.0769. The van der Waals surface area contributed by atoms with Crippen LogP contribution in [0.15, 0.2) is 96.2 Å². The first-order valence-electron chi connectivity index (χ1n) is 10.2. The minimum Gasteiger partial charge on any atom is -0.351 e. The molecule has 152 valence electrons. The van der Waals surface area contributed by atoms with Crippen molar-refractivity contribution in [2.75, 3.05) is 5.32 Å². The maximum atomic E-state index is 13.4. The van der Waals surface area contributed by atoms with Gasteiger partial charge in [-0.2, -0.15) is 0 Å². The van der Waals surface area contributed by atoms with E-state index in [0.29, 0.717) is 10.7 Å². The standard InChI is InChI=1S/C26H21N3OS/c1-16-22(25(30)28-19-11-3-2-4-12-19)24(29-26(31)27-16)23-20-13-7-5-9-17(20)15-18-10-6-8-14-21(18)23/h2-15,24H,1H3,(H,28,30)(H2,27,29,31). The summed E-state index contributed by atoms with van der Waals surface area (Å²) in [6.07, 6.45) is 0. The van der Waals surface area contributed by atoms with Crippen LogP contribution in [0.4, 0.5) is 5.69 Å². The summed E-state index contributed by atoms with van der Waals surface area (Å²) in [5, 5.41) is 14.5. The van der Waals surface area contributed by atoms with E-state index in [1.165, 1.54) is 0 Å². The maximum absolute atomic E-state index is 13.4. The van der Waals surface area contributed by atoms with Gasteiger partial charge < -0.3 is 16.0 Å². The molecule has 0 saturated heterocycles. The first kappa shape index (κ1) is 19.3. The van der Waals surface area contributed by atoms with Crippen molar-refractivity contribution in [3.05, 3.63) is 102 Å². The number of hydrogen-bond acceptors (Lipinski definition) is 2. The second-order valence-electron chi connectivity index (χ2n) is 7.62. The number of nitrogens with one attached hydrogen (secondary N) is 3. The van der Waals surface area contributed by atoms with Gasteiger partial charge in [-0.25, -0.2) is 0 Å². The zero-order valence-corrected chi connectivity index (χ0v) is 17.8. The highest BCUT2D eigenvalue weighted by Crippen LogP contribution is 2.38. The van der Waals surface area contributed by atoms with Crippen LogP contribution in [-0.4, -0.2) is 11.0 Å². The molecule has 0 saturated carbocycles. The normalized spacial score (nSPS) is 16.2. The molecule has 0 bridgehead atoms. The molecule has 1 atom stereocenters. The fourth-order valence-electron chi connectivity index (χ4n) is 4.29. The molecule has 0 aliphatic carbocycles. The van der Waals surface area contributed by atoms with Gasteiger partial charge in [0.2, 0.25) is 0 Å². The van der Waals surface area contributed by atoms with Gasteiger partial charge in [-0.15, -0.1) is 0 Å². The molecule has 1 unspecified atom stereocenters. The van der Waals surface area contributed by atoms with E-state index < -0.39 is 0 Å². The number of rotatable bonds is 3. The molecule has 1 heterocycles. The number of allylic oxidation sites excluding steroid dienone is 1. The topological polar surface area (TPSA) is 53.2 Å². The van der Waals surface area contributed by atoms with Crippen molar-refractivity contribution in [2.24, 2.45) is 0 Å². The highest BCUT2D eigenvalue weighted by Gasteiger charge is 2.32. The second-order valence-corrected chi connectivity index (χ2v) is 8.03. The van der Waals surface area contributed by atoms with Crippen molar-refractivity contribution < 1.29 is 4.79 Å². The maximum Gasteiger partial charge on any atom is 0.255 e. The lowest BCUT2D eigenvalue weighted by Crippen LogP contribution is -2.45. The number of fused-ring (bicyclic) bond motifs is 2. The van der Waals surface area contributed by atoms with Crippen molar-refractivity contribution >= 4 is 50.5 Å². The molecular formula is C26H21N3OS. The van der Waals surface area contributed by atoms with Gasteiger partial charge in [0.05, 0.1) is 11.6 Å². The van der Waals surface area contributed by atoms with Crippen molar-refractivity contribution in [2.45, 2.75) is 13.0 Å². The summed E-state index contributed by atoms with van der Waals surface area (Å²) >= 11 is 5.49. The number of carbonyl (C=O) groups is 1. The molecule has 0 radical (unpaired) electrons. The van der Waals surface area contributed by atoms with Crippen LogP contribution in [-0.2, 0) is 4.79 Å². The summed E-state index contributed by atoms with van der Waals surface area (Å²) in [6.45, 7) is 1.90. The second kappa shape index (κ2) is 7.85. The molecule has 4 nitrogen and oxygen atoms in total. The summed E-state index contributed by atoms with van der Waals surface area (Å²) in [6, 6.07) is 27.8. The zero-order valence-electron chi connectivity index (χ0n) is 17.0. The van der Waals surface area contributed by atoms with Crippen LogP contribution in [0.3, 0.4) is 0 Å². The van der Waals surface area contributed by atoms with Crippen molar-refractivity contribution in [1.29, 1.82) is 0 Å². The Labute approximate surface area is 186 Å². The molecule has 1 amide bonds. The van der Waals surface area contributed by atoms with Crippen LogP contribution in [0.2, 0.25) is 0 Å². The summed E-state index contributed by atoms with van der Waals surface area (Å²) in [7, 11) is 0. The Morgan fingerprint density at radius 3 is 2.10 bits per heavy atom. The van der Waals surface area contributed by atoms with Crippen LogP contribution >= 0.6 is 12.2 Å². The minimum atomic E-state index is -0.381. The Kier molecular flexibility index (Phi) is 4.88. The predicted octanol–water partition coefficient (Wildman–Crippen LogP) is 5.42. The molecule has 31 heavy (non-hydrogen) atoms. The number of amides is 1. The van der Waals surface area contributed by atoms with Crippen LogP contribution in [0.1, 0.15) is 18.5 Å². The quantitative estimate of drug-likeness (QED) is 0.304. The Bertz CT molecular complexity index is 1310. The number of thiocarbonyl (C=S) groups is 1. The van der Waals surface area contributed by atoms with Gasteiger partial charge in [0, 0.05) is 11.4 Å². The van der Waals surface area contributed by atoms with Crippen LogP contribution < -0.4 is 16.0 Å². The lowest BCUT2D eigenvalue weighted by atomic mass is 9.87. The molecule has 3 N–H and O–H groups in total. The number of anilines is 1. The average Bonchev–Trinajstić information content (AvgIpc) is 2.77. The number of para-hydroxylation sites is 1. The third kappa shape index (κ3) is 3.53. The first-order chi connectivity index (χ1) is 15.1. The van der Waals surface area contributed by atoms with Crippen molar-refractivity contribution in [1.82, 2.24) is 10.6 Å². The van der Waals surface area contributed by atoms with E-state index in [0.717, 1.165) is 38.5 Å². The Morgan fingerprint density at radius 2 is 1.45 bits per heavy atom. The summed E-state index contributed by atoms with van der Waals surface area (Å²) in [5.41, 5.74) is 3.18. The smallest absolute Gasteiger partial charge is 0.255 e. The van der Waals surface area contributed by atoms with E-state index in [1.54, 1.807) is 0 Å². The highest BCUT2D eigenvalue weighted by atomic mass is 32.1. The zero-order chi connectivity index (χ0) is 21.4. The third-order valence-corrected chi connectivity index (χ3v) is 5.87. The predicted molar refractivity (Wildman–Crippen MR) is 131 cm³/mol. The summed E-state index contributed by atoms with van der Waals surface area (Å²) < 4.78 is 0. The monoisotopic (exact) mass is 423 g/mol. The molecule has 4 aromatic rings. The molecule has 0 fully saturated rings. The van der Waals surface area contributed by atoms with Gasteiger partial charge in [0.1, 0.15) is 0 Å². The van der Waals surface area contributed by atoms with Gasteiger partial charge in [0.25, 0.3) is 5.91 Å². The molecular weight excluding hydrogens is 402 g/mol. The molecule has 1 aliphatic rings. The Hall–Kier alpha value is -3.70. The molecule has 0 aromatic heterocycles. The summed E-state index contributed by atoms with van der Waals surface area (Å²) in [4.78, 5) is 13.4. The molecule has 5 rings (SSSR count). The van der Waals surface area contributed by atoms with Gasteiger partial charge in [-0.1, -0.05) is 66.7 Å². The van der Waals surface area contributed by atoms with Gasteiger partial charge in [-0.05, 0) is 64.4 Å². The SMILES string of the molecule is CC1=C(C(=O)Nc2ccccc2)C(c2c3ccccc3cc3ccccc23)NC(=S)N1. The largest absolute Gasteiger partial charge is 0.351 e. The van der Waals surface area contributed by atoms with E-state index >= 15 is 0 Å². The molecule has 1 aliphatic heterocycles. The van der Waals surface area contributed by atoms with E-state index in [4.69, 9.17) is 12.2 Å². The van der Waals surface area contributed by atoms with E-state index in [9.17, 15) is 4.79 Å². The number of benzene rings is 4. The molecule has 0 spiro atoms. The Morgan fingerprint density at radius 1 is 0.871 bits per heavy atom. The average molecular weight is 424 g/mol. The van der Waals surface area contributed by atoms with Gasteiger partial charge in [0.15, 0.2) is 5.11 Å². The lowest BCUT2D eigenvalue weighted by Gasteiger charge is -2.32. The van der Waals surface area contributed by atoms with E-state index in [-0.39, 0.29) is 11.9 Å². The summed E-state index contributed by atoms with van der Waals surface area (Å²) in [5.74, 6) is -0.159. The Balaban J connectivity index is 1.72. The van der Waals surface area contributed by atoms with E-state index in [2.05, 4.69) is 46.3 Å². The number of carbonyl (C=O) groups excluding carboxylic acids is 1. The molecule has 5 heteroatoms. The third-order valence-electron chi connectivity index (χ3n) is 5.65. The van der Waals surface area contributed by atoms with E-state index in [1.807, 2.05) is 61.5 Å². The van der Waals surface area contributed by atoms with Crippen LogP contribution in [0.25, 0.3) is 21.5 Å². The fourth-order valence-corrected chi connectivity index (χ4v) is 4.56. The van der Waals surface area contributed by atoms with Crippen LogP contribution in [0, 0.1) is 0 Å². The number of hydrogen-bond donors (Lipinski definition) is 3.